The van der Waals surface area contributed by atoms with Gasteiger partial charge in [-0.1, -0.05) is 84.5 Å². The van der Waals surface area contributed by atoms with Gasteiger partial charge in [0.15, 0.2) is 0 Å². The minimum atomic E-state index is -0.872. The van der Waals surface area contributed by atoms with Gasteiger partial charge in [0.25, 0.3) is 0 Å². The van der Waals surface area contributed by atoms with Crippen LogP contribution in [-0.2, 0) is 6.42 Å². The first kappa shape index (κ1) is 27.5. The van der Waals surface area contributed by atoms with Gasteiger partial charge < -0.3 is 4.74 Å². The SMILES string of the molecule is CCCCCCC(F)COc1ccc(CCC2CCC(C3CCC(CCCC)CC3)CC2)nc1. The molecule has 2 aliphatic rings. The average Bonchev–Trinajstić information content (AvgIpc) is 2.89. The van der Waals surface area contributed by atoms with E-state index in [9.17, 15) is 4.39 Å². The van der Waals surface area contributed by atoms with E-state index in [1.165, 1.54) is 89.9 Å². The van der Waals surface area contributed by atoms with Crippen LogP contribution in [-0.4, -0.2) is 17.8 Å². The molecule has 2 fully saturated rings. The third kappa shape index (κ3) is 9.86. The highest BCUT2D eigenvalue weighted by molar-refractivity contribution is 5.20. The van der Waals surface area contributed by atoms with Crippen LogP contribution >= 0.6 is 0 Å². The van der Waals surface area contributed by atoms with Crippen LogP contribution in [0.25, 0.3) is 0 Å². The van der Waals surface area contributed by atoms with Crippen LogP contribution < -0.4 is 4.74 Å². The van der Waals surface area contributed by atoms with Crippen LogP contribution in [0.3, 0.4) is 0 Å². The van der Waals surface area contributed by atoms with Crippen molar-refractivity contribution in [2.45, 2.75) is 136 Å². The maximum absolute atomic E-state index is 14.0. The Kier molecular flexibility index (Phi) is 12.8. The summed E-state index contributed by atoms with van der Waals surface area (Å²) in [6, 6.07) is 4.05. The van der Waals surface area contributed by atoms with Crippen LogP contribution in [0, 0.1) is 23.7 Å². The molecule has 1 unspecified atom stereocenters. The number of aromatic nitrogens is 1. The minimum absolute atomic E-state index is 0.150. The van der Waals surface area contributed by atoms with E-state index >= 15 is 0 Å². The second kappa shape index (κ2) is 15.8. The first-order chi connectivity index (χ1) is 16.7. The standard InChI is InChI=1S/C31H52FNO/c1-3-5-7-8-10-29(32)24-34-31-22-21-30(33-23-31)20-15-26-13-18-28(19-14-26)27-16-11-25(12-17-27)9-6-4-2/h21-23,25-29H,3-20,24H2,1-2H3. The summed E-state index contributed by atoms with van der Waals surface area (Å²) >= 11 is 0. The fourth-order valence-corrected chi connectivity index (χ4v) is 6.45. The van der Waals surface area contributed by atoms with Gasteiger partial charge in [0.05, 0.1) is 6.20 Å². The lowest BCUT2D eigenvalue weighted by atomic mass is 9.68. The number of alkyl halides is 1. The normalized spacial score (nSPS) is 26.3. The average molecular weight is 474 g/mol. The summed E-state index contributed by atoms with van der Waals surface area (Å²) in [5.74, 6) is 4.63. The number of ether oxygens (including phenoxy) is 1. The van der Waals surface area contributed by atoms with E-state index in [0.717, 1.165) is 48.6 Å². The Hall–Kier alpha value is -1.12. The largest absolute Gasteiger partial charge is 0.489 e. The molecule has 0 amide bonds. The number of aryl methyl sites for hydroxylation is 1. The number of hydrogen-bond donors (Lipinski definition) is 0. The van der Waals surface area contributed by atoms with Crippen molar-refractivity contribution in [1.82, 2.24) is 4.98 Å². The van der Waals surface area contributed by atoms with Crippen LogP contribution in [0.4, 0.5) is 4.39 Å². The Bertz CT molecular complexity index is 631. The van der Waals surface area contributed by atoms with E-state index in [0.29, 0.717) is 12.2 Å². The number of nitrogens with zero attached hydrogens (tertiary/aromatic N) is 1. The molecule has 1 aromatic rings. The zero-order chi connectivity index (χ0) is 24.0. The Labute approximate surface area is 209 Å². The molecular weight excluding hydrogens is 421 g/mol. The van der Waals surface area contributed by atoms with E-state index in [1.807, 2.05) is 6.07 Å². The maximum atomic E-state index is 14.0. The topological polar surface area (TPSA) is 22.1 Å². The smallest absolute Gasteiger partial charge is 0.137 e. The predicted octanol–water partition coefficient (Wildman–Crippen LogP) is 9.50. The van der Waals surface area contributed by atoms with E-state index < -0.39 is 6.17 Å². The van der Waals surface area contributed by atoms with Crippen LogP contribution in [0.2, 0.25) is 0 Å². The lowest BCUT2D eigenvalue weighted by Gasteiger charge is -2.38. The molecule has 0 bridgehead atoms. The fourth-order valence-electron chi connectivity index (χ4n) is 6.45. The second-order valence-electron chi connectivity index (χ2n) is 11.5. The molecule has 0 radical (unpaired) electrons. The van der Waals surface area contributed by atoms with E-state index in [1.54, 1.807) is 6.20 Å². The summed E-state index contributed by atoms with van der Waals surface area (Å²) in [6.07, 6.45) is 24.3. The van der Waals surface area contributed by atoms with E-state index in [2.05, 4.69) is 24.9 Å². The van der Waals surface area contributed by atoms with Gasteiger partial charge in [-0.25, -0.2) is 4.39 Å². The molecule has 34 heavy (non-hydrogen) atoms. The highest BCUT2D eigenvalue weighted by Gasteiger charge is 2.30. The molecule has 0 aromatic carbocycles. The summed E-state index contributed by atoms with van der Waals surface area (Å²) in [6.45, 7) is 4.65. The molecule has 2 nitrogen and oxygen atoms in total. The molecule has 2 saturated carbocycles. The van der Waals surface area contributed by atoms with Crippen molar-refractivity contribution >= 4 is 0 Å². The molecule has 1 heterocycles. The van der Waals surface area contributed by atoms with E-state index in [-0.39, 0.29) is 6.61 Å². The first-order valence-electron chi connectivity index (χ1n) is 14.9. The van der Waals surface area contributed by atoms with E-state index in [4.69, 9.17) is 4.74 Å². The lowest BCUT2D eigenvalue weighted by molar-refractivity contribution is 0.140. The summed E-state index contributed by atoms with van der Waals surface area (Å²) in [5, 5.41) is 0. The molecule has 0 saturated heterocycles. The molecule has 0 spiro atoms. The van der Waals surface area contributed by atoms with Crippen molar-refractivity contribution in [2.24, 2.45) is 23.7 Å². The Morgan fingerprint density at radius 2 is 1.47 bits per heavy atom. The van der Waals surface area contributed by atoms with Crippen LogP contribution in [0.5, 0.6) is 5.75 Å². The quantitative estimate of drug-likeness (QED) is 0.237. The second-order valence-corrected chi connectivity index (χ2v) is 11.5. The Morgan fingerprint density at radius 3 is 2.06 bits per heavy atom. The summed E-state index contributed by atoms with van der Waals surface area (Å²) in [7, 11) is 0. The lowest BCUT2D eigenvalue weighted by Crippen LogP contribution is -2.26. The van der Waals surface area contributed by atoms with Crippen LogP contribution in [0.1, 0.15) is 129 Å². The first-order valence-corrected chi connectivity index (χ1v) is 14.9. The summed E-state index contributed by atoms with van der Waals surface area (Å²) < 4.78 is 19.6. The highest BCUT2D eigenvalue weighted by Crippen LogP contribution is 2.43. The Morgan fingerprint density at radius 1 is 0.824 bits per heavy atom. The van der Waals surface area contributed by atoms with Gasteiger partial charge in [0.2, 0.25) is 0 Å². The van der Waals surface area contributed by atoms with Gasteiger partial charge >= 0.3 is 0 Å². The highest BCUT2D eigenvalue weighted by atomic mass is 19.1. The van der Waals surface area contributed by atoms with Crippen LogP contribution in [0.15, 0.2) is 18.3 Å². The molecule has 0 N–H and O–H groups in total. The number of halogens is 1. The maximum Gasteiger partial charge on any atom is 0.137 e. The predicted molar refractivity (Wildman–Crippen MR) is 142 cm³/mol. The van der Waals surface area contributed by atoms with Crippen molar-refractivity contribution in [3.63, 3.8) is 0 Å². The van der Waals surface area contributed by atoms with Crippen molar-refractivity contribution in [2.75, 3.05) is 6.61 Å². The molecular formula is C31H52FNO. The summed E-state index contributed by atoms with van der Waals surface area (Å²) in [4.78, 5) is 4.60. The molecule has 2 aliphatic carbocycles. The van der Waals surface area contributed by atoms with Gasteiger partial charge in [0, 0.05) is 5.69 Å². The fraction of sp³-hybridized carbons (Fsp3) is 0.839. The molecule has 3 rings (SSSR count). The Balaban J connectivity index is 1.27. The molecule has 3 heteroatoms. The molecule has 1 aromatic heterocycles. The minimum Gasteiger partial charge on any atom is -0.489 e. The zero-order valence-electron chi connectivity index (χ0n) is 22.3. The zero-order valence-corrected chi connectivity index (χ0v) is 22.3. The monoisotopic (exact) mass is 473 g/mol. The molecule has 1 atom stereocenters. The summed E-state index contributed by atoms with van der Waals surface area (Å²) in [5.41, 5.74) is 1.15. The van der Waals surface area contributed by atoms with Crippen molar-refractivity contribution in [3.8, 4) is 5.75 Å². The number of rotatable bonds is 15. The van der Waals surface area contributed by atoms with Gasteiger partial charge in [-0.2, -0.15) is 0 Å². The third-order valence-electron chi connectivity index (χ3n) is 8.82. The van der Waals surface area contributed by atoms with Gasteiger partial charge in [-0.3, -0.25) is 4.98 Å². The number of unbranched alkanes of at least 4 members (excludes halogenated alkanes) is 4. The number of pyridine rings is 1. The third-order valence-corrected chi connectivity index (χ3v) is 8.82. The van der Waals surface area contributed by atoms with Crippen molar-refractivity contribution in [1.29, 1.82) is 0 Å². The van der Waals surface area contributed by atoms with Crippen molar-refractivity contribution < 1.29 is 9.13 Å². The number of hydrogen-bond acceptors (Lipinski definition) is 2. The van der Waals surface area contributed by atoms with Gasteiger partial charge in [0.1, 0.15) is 18.5 Å². The van der Waals surface area contributed by atoms with Gasteiger partial charge in [-0.05, 0) is 80.8 Å². The molecule has 194 valence electrons. The molecule has 0 aliphatic heterocycles. The van der Waals surface area contributed by atoms with Gasteiger partial charge in [-0.15, -0.1) is 0 Å². The van der Waals surface area contributed by atoms with Crippen molar-refractivity contribution in [3.05, 3.63) is 24.0 Å².